The quantitative estimate of drug-likeness (QED) is 0.866. The lowest BCUT2D eigenvalue weighted by atomic mass is 10.0. The zero-order chi connectivity index (χ0) is 14.7. The molecule has 2 nitrogen and oxygen atoms in total. The minimum atomic E-state index is -0.0340. The molecular formula is C17H16ClNOS. The fraction of sp³-hybridized carbons (Fsp3) is 0.235. The van der Waals surface area contributed by atoms with Gasteiger partial charge in [0, 0.05) is 23.1 Å². The van der Waals surface area contributed by atoms with E-state index in [9.17, 15) is 4.79 Å². The summed E-state index contributed by atoms with van der Waals surface area (Å²) < 4.78 is 0. The monoisotopic (exact) mass is 317 g/mol. The molecule has 108 valence electrons. The third-order valence-electron chi connectivity index (χ3n) is 3.66. The second kappa shape index (κ2) is 6.54. The van der Waals surface area contributed by atoms with E-state index in [1.807, 2.05) is 36.4 Å². The fourth-order valence-electron chi connectivity index (χ4n) is 2.44. The molecule has 0 spiro atoms. The van der Waals surface area contributed by atoms with Gasteiger partial charge in [0.25, 0.3) is 0 Å². The predicted octanol–water partition coefficient (Wildman–Crippen LogP) is 3.93. The topological polar surface area (TPSA) is 29.1 Å². The molecule has 1 heterocycles. The van der Waals surface area contributed by atoms with Gasteiger partial charge in [0.1, 0.15) is 0 Å². The van der Waals surface area contributed by atoms with Crippen LogP contribution in [-0.4, -0.2) is 11.7 Å². The van der Waals surface area contributed by atoms with E-state index in [2.05, 4.69) is 17.4 Å². The van der Waals surface area contributed by atoms with Gasteiger partial charge in [0.2, 0.25) is 5.91 Å². The molecule has 21 heavy (non-hydrogen) atoms. The number of carbonyl (C=O) groups is 1. The Balaban J connectivity index is 1.62. The van der Waals surface area contributed by atoms with Crippen LogP contribution in [0.25, 0.3) is 0 Å². The molecule has 0 saturated heterocycles. The number of benzene rings is 2. The summed E-state index contributed by atoms with van der Waals surface area (Å²) in [6.45, 7) is 0.560. The van der Waals surface area contributed by atoms with Crippen LogP contribution < -0.4 is 5.32 Å². The molecule has 3 rings (SSSR count). The Kier molecular flexibility index (Phi) is 4.51. The Labute approximate surface area is 133 Å². The normalized spacial score (nSPS) is 16.5. The minimum absolute atomic E-state index is 0.0340. The van der Waals surface area contributed by atoms with Crippen LogP contribution in [0.1, 0.15) is 22.6 Å². The smallest absolute Gasteiger partial charge is 0.228 e. The third-order valence-corrected chi connectivity index (χ3v) is 5.15. The Bertz CT molecular complexity index is 641. The molecule has 0 saturated carbocycles. The molecule has 1 aliphatic rings. The fourth-order valence-corrected chi connectivity index (χ4v) is 3.85. The molecule has 1 amide bonds. The van der Waals surface area contributed by atoms with Crippen molar-refractivity contribution < 1.29 is 4.79 Å². The molecule has 0 fully saturated rings. The molecule has 1 N–H and O–H groups in total. The summed E-state index contributed by atoms with van der Waals surface area (Å²) in [4.78, 5) is 13.6. The summed E-state index contributed by atoms with van der Waals surface area (Å²) in [6.07, 6.45) is 0. The largest absolute Gasteiger partial charge is 0.351 e. The Morgan fingerprint density at radius 1 is 1.14 bits per heavy atom. The van der Waals surface area contributed by atoms with Crippen LogP contribution >= 0.6 is 23.4 Å². The van der Waals surface area contributed by atoms with Crippen molar-refractivity contribution >= 4 is 29.3 Å². The van der Waals surface area contributed by atoms with Gasteiger partial charge in [-0.05, 0) is 22.8 Å². The molecule has 1 aliphatic heterocycles. The van der Waals surface area contributed by atoms with Crippen LogP contribution in [0.4, 0.5) is 0 Å². The maximum absolute atomic E-state index is 12.4. The summed E-state index contributed by atoms with van der Waals surface area (Å²) in [7, 11) is 0. The van der Waals surface area contributed by atoms with Gasteiger partial charge in [0.15, 0.2) is 0 Å². The molecule has 1 unspecified atom stereocenters. The molecule has 2 aromatic carbocycles. The number of nitrogens with one attached hydrogen (secondary N) is 1. The van der Waals surface area contributed by atoms with Gasteiger partial charge in [-0.15, -0.1) is 23.4 Å². The summed E-state index contributed by atoms with van der Waals surface area (Å²) in [5, 5.41) is 3.03. The zero-order valence-corrected chi connectivity index (χ0v) is 13.1. The number of amides is 1. The highest BCUT2D eigenvalue weighted by Crippen LogP contribution is 2.39. The first-order chi connectivity index (χ1) is 10.3. The predicted molar refractivity (Wildman–Crippen MR) is 87.8 cm³/mol. The summed E-state index contributed by atoms with van der Waals surface area (Å²) in [5.41, 5.74) is 3.33. The lowest BCUT2D eigenvalue weighted by molar-refractivity contribution is -0.122. The number of rotatable bonds is 4. The second-order valence-electron chi connectivity index (χ2n) is 5.07. The highest BCUT2D eigenvalue weighted by atomic mass is 35.5. The highest BCUT2D eigenvalue weighted by molar-refractivity contribution is 7.99. The lowest BCUT2D eigenvalue weighted by Gasteiger charge is -2.12. The highest BCUT2D eigenvalue weighted by Gasteiger charge is 2.28. The van der Waals surface area contributed by atoms with E-state index in [-0.39, 0.29) is 11.8 Å². The van der Waals surface area contributed by atoms with E-state index < -0.39 is 0 Å². The van der Waals surface area contributed by atoms with Gasteiger partial charge in [0.05, 0.1) is 5.92 Å². The van der Waals surface area contributed by atoms with Crippen LogP contribution in [0.15, 0.2) is 53.4 Å². The van der Waals surface area contributed by atoms with Crippen molar-refractivity contribution in [3.8, 4) is 0 Å². The summed E-state index contributed by atoms with van der Waals surface area (Å²) in [6, 6.07) is 16.2. The van der Waals surface area contributed by atoms with Crippen molar-refractivity contribution in [1.82, 2.24) is 5.32 Å². The molecule has 4 heteroatoms. The molecule has 2 aromatic rings. The Morgan fingerprint density at radius 3 is 2.62 bits per heavy atom. The molecule has 0 aromatic heterocycles. The van der Waals surface area contributed by atoms with Crippen molar-refractivity contribution in [2.45, 2.75) is 23.2 Å². The van der Waals surface area contributed by atoms with E-state index in [1.54, 1.807) is 11.8 Å². The lowest BCUT2D eigenvalue weighted by Crippen LogP contribution is -2.29. The first kappa shape index (κ1) is 14.5. The maximum Gasteiger partial charge on any atom is 0.228 e. The van der Waals surface area contributed by atoms with Gasteiger partial charge in [-0.3, -0.25) is 4.79 Å². The number of thioether (sulfide) groups is 1. The average molecular weight is 318 g/mol. The van der Waals surface area contributed by atoms with Gasteiger partial charge < -0.3 is 5.32 Å². The molecule has 0 radical (unpaired) electrons. The number of hydrogen-bond acceptors (Lipinski definition) is 2. The van der Waals surface area contributed by atoms with E-state index in [4.69, 9.17) is 11.6 Å². The molecular weight excluding hydrogens is 302 g/mol. The first-order valence-electron chi connectivity index (χ1n) is 6.91. The van der Waals surface area contributed by atoms with Crippen LogP contribution in [0.3, 0.4) is 0 Å². The van der Waals surface area contributed by atoms with Crippen molar-refractivity contribution in [2.24, 2.45) is 0 Å². The van der Waals surface area contributed by atoms with Crippen molar-refractivity contribution in [3.63, 3.8) is 0 Å². The number of carbonyl (C=O) groups excluding carboxylic acids is 1. The average Bonchev–Trinajstić information content (AvgIpc) is 2.97. The standard InChI is InChI=1S/C17H16ClNOS/c18-9-12-5-7-13(8-6-12)10-19-17(20)15-11-21-16-4-2-1-3-14(15)16/h1-8,15H,9-11H2,(H,19,20). The molecule has 0 bridgehead atoms. The van der Waals surface area contributed by atoms with Crippen molar-refractivity contribution in [3.05, 3.63) is 65.2 Å². The third kappa shape index (κ3) is 3.25. The van der Waals surface area contributed by atoms with Crippen LogP contribution in [0.5, 0.6) is 0 Å². The van der Waals surface area contributed by atoms with E-state index in [0.29, 0.717) is 12.4 Å². The van der Waals surface area contributed by atoms with Gasteiger partial charge in [-0.1, -0.05) is 42.5 Å². The van der Waals surface area contributed by atoms with Gasteiger partial charge in [-0.25, -0.2) is 0 Å². The number of fused-ring (bicyclic) bond motifs is 1. The number of alkyl halides is 1. The number of hydrogen-bond donors (Lipinski definition) is 1. The molecule has 0 aliphatic carbocycles. The van der Waals surface area contributed by atoms with Crippen molar-refractivity contribution in [2.75, 3.05) is 5.75 Å². The SMILES string of the molecule is O=C(NCc1ccc(CCl)cc1)C1CSc2ccccc21. The maximum atomic E-state index is 12.4. The van der Waals surface area contributed by atoms with Crippen molar-refractivity contribution in [1.29, 1.82) is 0 Å². The minimum Gasteiger partial charge on any atom is -0.351 e. The summed E-state index contributed by atoms with van der Waals surface area (Å²) in [5.74, 6) is 1.42. The van der Waals surface area contributed by atoms with Gasteiger partial charge in [-0.2, -0.15) is 0 Å². The van der Waals surface area contributed by atoms with Crippen LogP contribution in [-0.2, 0) is 17.2 Å². The number of halogens is 1. The van der Waals surface area contributed by atoms with Crippen LogP contribution in [0, 0.1) is 0 Å². The Hall–Kier alpha value is -1.45. The van der Waals surface area contributed by atoms with E-state index >= 15 is 0 Å². The Morgan fingerprint density at radius 2 is 1.86 bits per heavy atom. The summed E-state index contributed by atoms with van der Waals surface area (Å²) >= 11 is 7.52. The second-order valence-corrected chi connectivity index (χ2v) is 6.40. The zero-order valence-electron chi connectivity index (χ0n) is 11.5. The van der Waals surface area contributed by atoms with E-state index in [0.717, 1.165) is 22.4 Å². The van der Waals surface area contributed by atoms with Gasteiger partial charge >= 0.3 is 0 Å². The first-order valence-corrected chi connectivity index (χ1v) is 8.43. The van der Waals surface area contributed by atoms with E-state index in [1.165, 1.54) is 4.90 Å². The van der Waals surface area contributed by atoms with Crippen LogP contribution in [0.2, 0.25) is 0 Å². The molecule has 1 atom stereocenters.